The third-order valence-corrected chi connectivity index (χ3v) is 2.42. The van der Waals surface area contributed by atoms with E-state index in [-0.39, 0.29) is 12.4 Å². The van der Waals surface area contributed by atoms with E-state index in [0.29, 0.717) is 11.3 Å². The third-order valence-electron chi connectivity index (χ3n) is 2.42. The molecule has 0 saturated carbocycles. The van der Waals surface area contributed by atoms with E-state index >= 15 is 0 Å². The normalized spacial score (nSPS) is 20.1. The van der Waals surface area contributed by atoms with Crippen LogP contribution in [0.15, 0.2) is 18.2 Å². The van der Waals surface area contributed by atoms with Gasteiger partial charge in [0.1, 0.15) is 12.4 Å². The third kappa shape index (κ3) is 1.40. The minimum Gasteiger partial charge on any atom is -0.490 e. The van der Waals surface area contributed by atoms with Crippen molar-refractivity contribution in [3.63, 3.8) is 0 Å². The summed E-state index contributed by atoms with van der Waals surface area (Å²) < 4.78 is 5.23. The van der Waals surface area contributed by atoms with E-state index in [1.165, 1.54) is 0 Å². The summed E-state index contributed by atoms with van der Waals surface area (Å²) in [4.78, 5) is 11.6. The molecule has 1 heterocycles. The fourth-order valence-electron chi connectivity index (χ4n) is 1.54. The number of aliphatic hydroxyl groups is 1. The number of hydrogen-bond donors (Lipinski definition) is 1. The minimum atomic E-state index is -1.00. The van der Waals surface area contributed by atoms with Crippen LogP contribution < -0.4 is 4.74 Å². The quantitative estimate of drug-likeness (QED) is 0.726. The molecule has 0 radical (unpaired) electrons. The summed E-state index contributed by atoms with van der Waals surface area (Å²) in [6, 6.07) is 5.52. The van der Waals surface area contributed by atoms with Crippen LogP contribution in [-0.2, 0) is 6.42 Å². The van der Waals surface area contributed by atoms with Gasteiger partial charge in [-0.3, -0.25) is 4.79 Å². The van der Waals surface area contributed by atoms with Gasteiger partial charge in [-0.15, -0.1) is 0 Å². The van der Waals surface area contributed by atoms with Crippen molar-refractivity contribution in [2.75, 3.05) is 6.61 Å². The number of benzene rings is 1. The Hall–Kier alpha value is -1.35. The van der Waals surface area contributed by atoms with E-state index in [1.807, 2.05) is 13.0 Å². The molecule has 1 unspecified atom stereocenters. The SMILES string of the molecule is CCc1ccc2c(c1)C(=O)C(O)CO2. The first-order valence-corrected chi connectivity index (χ1v) is 4.70. The Morgan fingerprint density at radius 1 is 1.57 bits per heavy atom. The minimum absolute atomic E-state index is 0.0668. The highest BCUT2D eigenvalue weighted by Crippen LogP contribution is 2.25. The molecule has 0 fully saturated rings. The van der Waals surface area contributed by atoms with E-state index in [2.05, 4.69) is 0 Å². The van der Waals surface area contributed by atoms with Crippen molar-refractivity contribution < 1.29 is 14.6 Å². The summed E-state index contributed by atoms with van der Waals surface area (Å²) in [6.07, 6.45) is -0.133. The number of aryl methyl sites for hydroxylation is 1. The summed E-state index contributed by atoms with van der Waals surface area (Å²) in [5, 5.41) is 9.31. The summed E-state index contributed by atoms with van der Waals surface area (Å²) in [5.74, 6) is 0.346. The smallest absolute Gasteiger partial charge is 0.198 e. The van der Waals surface area contributed by atoms with Crippen LogP contribution in [-0.4, -0.2) is 23.6 Å². The van der Waals surface area contributed by atoms with Crippen LogP contribution in [0.4, 0.5) is 0 Å². The molecule has 3 nitrogen and oxygen atoms in total. The van der Waals surface area contributed by atoms with E-state index < -0.39 is 6.10 Å². The van der Waals surface area contributed by atoms with Crippen LogP contribution in [0.2, 0.25) is 0 Å². The molecule has 1 N–H and O–H groups in total. The van der Waals surface area contributed by atoms with Gasteiger partial charge >= 0.3 is 0 Å². The number of Topliss-reactive ketones (excluding diaryl/α,β-unsaturated/α-hetero) is 1. The largest absolute Gasteiger partial charge is 0.490 e. The van der Waals surface area contributed by atoms with Gasteiger partial charge in [-0.05, 0) is 24.1 Å². The lowest BCUT2D eigenvalue weighted by Gasteiger charge is -2.20. The zero-order valence-electron chi connectivity index (χ0n) is 7.99. The molecule has 0 aliphatic carbocycles. The molecule has 1 atom stereocenters. The van der Waals surface area contributed by atoms with Gasteiger partial charge in [0.15, 0.2) is 11.9 Å². The van der Waals surface area contributed by atoms with Gasteiger partial charge in [0, 0.05) is 0 Å². The molecule has 1 aliphatic rings. The summed E-state index contributed by atoms with van der Waals surface area (Å²) >= 11 is 0. The maximum atomic E-state index is 11.6. The van der Waals surface area contributed by atoms with Crippen molar-refractivity contribution in [1.29, 1.82) is 0 Å². The van der Waals surface area contributed by atoms with Crippen molar-refractivity contribution in [3.05, 3.63) is 29.3 Å². The van der Waals surface area contributed by atoms with E-state index in [0.717, 1.165) is 12.0 Å². The number of ketones is 1. The predicted octanol–water partition coefficient (Wildman–Crippen LogP) is 1.18. The van der Waals surface area contributed by atoms with Crippen molar-refractivity contribution >= 4 is 5.78 Å². The van der Waals surface area contributed by atoms with E-state index in [1.54, 1.807) is 12.1 Å². The number of ether oxygens (including phenoxy) is 1. The summed E-state index contributed by atoms with van der Waals surface area (Å²) in [5.41, 5.74) is 1.58. The van der Waals surface area contributed by atoms with Gasteiger partial charge < -0.3 is 9.84 Å². The number of carbonyl (C=O) groups is 1. The highest BCUT2D eigenvalue weighted by Gasteiger charge is 2.26. The zero-order chi connectivity index (χ0) is 10.1. The lowest BCUT2D eigenvalue weighted by Crippen LogP contribution is -2.32. The van der Waals surface area contributed by atoms with Gasteiger partial charge in [-0.2, -0.15) is 0 Å². The highest BCUT2D eigenvalue weighted by atomic mass is 16.5. The second kappa shape index (κ2) is 3.42. The molecule has 3 heteroatoms. The lowest BCUT2D eigenvalue weighted by atomic mass is 9.99. The number of aliphatic hydroxyl groups excluding tert-OH is 1. The number of fused-ring (bicyclic) bond motifs is 1. The van der Waals surface area contributed by atoms with Gasteiger partial charge in [-0.1, -0.05) is 13.0 Å². The molecule has 0 aromatic heterocycles. The topological polar surface area (TPSA) is 46.5 Å². The van der Waals surface area contributed by atoms with Crippen LogP contribution in [0.1, 0.15) is 22.8 Å². The number of carbonyl (C=O) groups excluding carboxylic acids is 1. The molecule has 1 aromatic carbocycles. The molecule has 1 aromatic rings. The maximum Gasteiger partial charge on any atom is 0.198 e. The first-order chi connectivity index (χ1) is 6.72. The number of rotatable bonds is 1. The van der Waals surface area contributed by atoms with Crippen molar-refractivity contribution in [2.45, 2.75) is 19.4 Å². The Kier molecular flexibility index (Phi) is 2.25. The first-order valence-electron chi connectivity index (χ1n) is 4.70. The standard InChI is InChI=1S/C11H12O3/c1-2-7-3-4-10-8(5-7)11(13)9(12)6-14-10/h3-5,9,12H,2,6H2,1H3. The fourth-order valence-corrected chi connectivity index (χ4v) is 1.54. The first kappa shape index (κ1) is 9.21. The molecule has 14 heavy (non-hydrogen) atoms. The molecule has 0 bridgehead atoms. The van der Waals surface area contributed by atoms with Crippen LogP contribution in [0.5, 0.6) is 5.75 Å². The van der Waals surface area contributed by atoms with Crippen LogP contribution >= 0.6 is 0 Å². The van der Waals surface area contributed by atoms with Crippen LogP contribution in [0.3, 0.4) is 0 Å². The van der Waals surface area contributed by atoms with E-state index in [4.69, 9.17) is 4.74 Å². The van der Waals surface area contributed by atoms with Gasteiger partial charge in [0.2, 0.25) is 0 Å². The van der Waals surface area contributed by atoms with Gasteiger partial charge in [0.05, 0.1) is 5.56 Å². The number of hydrogen-bond acceptors (Lipinski definition) is 3. The molecule has 1 aliphatic heterocycles. The summed E-state index contributed by atoms with van der Waals surface area (Å²) in [7, 11) is 0. The molecule has 74 valence electrons. The summed E-state index contributed by atoms with van der Waals surface area (Å²) in [6.45, 7) is 2.09. The maximum absolute atomic E-state index is 11.6. The average Bonchev–Trinajstić information content (AvgIpc) is 2.23. The zero-order valence-corrected chi connectivity index (χ0v) is 7.99. The highest BCUT2D eigenvalue weighted by molar-refractivity contribution is 6.02. The van der Waals surface area contributed by atoms with Crippen molar-refractivity contribution in [1.82, 2.24) is 0 Å². The van der Waals surface area contributed by atoms with E-state index in [9.17, 15) is 9.90 Å². The lowest BCUT2D eigenvalue weighted by molar-refractivity contribution is 0.0558. The van der Waals surface area contributed by atoms with Crippen LogP contribution in [0.25, 0.3) is 0 Å². The van der Waals surface area contributed by atoms with Gasteiger partial charge in [0.25, 0.3) is 0 Å². The molecular weight excluding hydrogens is 180 g/mol. The molecule has 0 spiro atoms. The van der Waals surface area contributed by atoms with Crippen molar-refractivity contribution in [2.24, 2.45) is 0 Å². The Morgan fingerprint density at radius 2 is 2.36 bits per heavy atom. The monoisotopic (exact) mass is 192 g/mol. The molecular formula is C11H12O3. The van der Waals surface area contributed by atoms with Crippen molar-refractivity contribution in [3.8, 4) is 5.75 Å². The second-order valence-electron chi connectivity index (χ2n) is 3.38. The molecule has 2 rings (SSSR count). The second-order valence-corrected chi connectivity index (χ2v) is 3.38. The Morgan fingerprint density at radius 3 is 3.07 bits per heavy atom. The predicted molar refractivity (Wildman–Crippen MR) is 51.7 cm³/mol. The fraction of sp³-hybridized carbons (Fsp3) is 0.364. The Bertz CT molecular complexity index is 371. The average molecular weight is 192 g/mol. The van der Waals surface area contributed by atoms with Gasteiger partial charge in [-0.25, -0.2) is 0 Å². The molecule has 0 saturated heterocycles. The Labute approximate surface area is 82.3 Å². The molecule has 0 amide bonds. The van der Waals surface area contributed by atoms with Crippen LogP contribution in [0, 0.1) is 0 Å². The Balaban J connectivity index is 2.46.